The second-order valence-electron chi connectivity index (χ2n) is 13.1. The highest BCUT2D eigenvalue weighted by Crippen LogP contribution is 2.42. The molecule has 1 aromatic carbocycles. The fourth-order valence-electron chi connectivity index (χ4n) is 4.91. The van der Waals surface area contributed by atoms with Crippen LogP contribution in [0.25, 0.3) is 0 Å². The maximum absolute atomic E-state index is 13.4. The molecule has 0 bridgehead atoms. The lowest BCUT2D eigenvalue weighted by Crippen LogP contribution is -2.61. The first-order chi connectivity index (χ1) is 21.4. The van der Waals surface area contributed by atoms with Crippen LogP contribution in [0.5, 0.6) is 0 Å². The average Bonchev–Trinajstić information content (AvgIpc) is 3.37. The molecule has 2 fully saturated rings. The molecule has 0 saturated carbocycles. The van der Waals surface area contributed by atoms with E-state index in [1.54, 1.807) is 65.8 Å². The van der Waals surface area contributed by atoms with Gasteiger partial charge in [-0.2, -0.15) is 0 Å². The summed E-state index contributed by atoms with van der Waals surface area (Å²) in [4.78, 5) is 66.3. The zero-order valence-electron chi connectivity index (χ0n) is 27.7. The molecule has 1 aromatic rings. The highest BCUT2D eigenvalue weighted by Gasteiger charge is 2.60. The molecule has 14 nitrogen and oxygen atoms in total. The molecule has 1 N–H and O–H groups in total. The molecule has 46 heavy (non-hydrogen) atoms. The molecule has 0 aliphatic carbocycles. The van der Waals surface area contributed by atoms with Crippen molar-refractivity contribution in [1.82, 2.24) is 10.2 Å². The van der Waals surface area contributed by atoms with Crippen LogP contribution in [-0.2, 0) is 54.1 Å². The van der Waals surface area contributed by atoms with Gasteiger partial charge in [-0.3, -0.25) is 10.1 Å². The van der Waals surface area contributed by atoms with E-state index in [0.29, 0.717) is 5.56 Å². The molecule has 254 valence electrons. The van der Waals surface area contributed by atoms with E-state index in [9.17, 15) is 24.0 Å². The van der Waals surface area contributed by atoms with Gasteiger partial charge in [-0.05, 0) is 53.2 Å². The minimum atomic E-state index is -2.00. The van der Waals surface area contributed by atoms with Crippen molar-refractivity contribution in [1.29, 1.82) is 0 Å². The van der Waals surface area contributed by atoms with E-state index in [0.717, 1.165) is 20.3 Å². The highest BCUT2D eigenvalue weighted by atomic mass is 16.6. The second-order valence-corrected chi connectivity index (χ2v) is 13.1. The summed E-state index contributed by atoms with van der Waals surface area (Å²) in [6.45, 7) is 9.92. The number of fused-ring (bicyclic) bond motifs is 1. The standard InChI is InChI=1S/C32H44N2O12/c1-30(2,3)26(36)44-22-18-42-21-16-32(27(37)41-9,45-24(21)23(22)34(7)29(39)46-31(4,5)6)15-20(25(35)40-8)33-28(38)43-17-19-13-11-10-12-14-19/h10-15,21-24H,16-18H2,1-9H3,(H,33,38)/b20-15-/t21-,22+,23-,24+,32-/m1/s1. The highest BCUT2D eigenvalue weighted by molar-refractivity contribution is 5.94. The van der Waals surface area contributed by atoms with Crippen LogP contribution < -0.4 is 5.32 Å². The zero-order valence-corrected chi connectivity index (χ0v) is 27.7. The largest absolute Gasteiger partial charge is 0.467 e. The Hall–Kier alpha value is -4.17. The summed E-state index contributed by atoms with van der Waals surface area (Å²) in [5.41, 5.74) is -3.49. The maximum Gasteiger partial charge on any atom is 0.412 e. The van der Waals surface area contributed by atoms with Gasteiger partial charge in [-0.25, -0.2) is 19.2 Å². The smallest absolute Gasteiger partial charge is 0.412 e. The first-order valence-corrected chi connectivity index (χ1v) is 14.7. The summed E-state index contributed by atoms with van der Waals surface area (Å²) in [6.07, 6.45) is -3.80. The Labute approximate surface area is 268 Å². The molecule has 2 saturated heterocycles. The SMILES string of the molecule is COC(=O)/C(=C/[C@]1(C(=O)OC)C[C@H]2OC[C@H](OC(=O)C(C)(C)C)[C@@H](N(C)C(=O)OC(C)(C)C)[C@H]2O1)NC(=O)OCc1ccccc1. The Morgan fingerprint density at radius 1 is 1.02 bits per heavy atom. The molecule has 0 unspecified atom stereocenters. The number of hydrogen-bond donors (Lipinski definition) is 1. The summed E-state index contributed by atoms with van der Waals surface area (Å²) in [5.74, 6) is -2.47. The Bertz CT molecular complexity index is 1320. The van der Waals surface area contributed by atoms with E-state index < -0.39 is 76.8 Å². The van der Waals surface area contributed by atoms with Crippen molar-refractivity contribution in [3.8, 4) is 0 Å². The van der Waals surface area contributed by atoms with Gasteiger partial charge in [0.05, 0.1) is 32.3 Å². The fourth-order valence-corrected chi connectivity index (χ4v) is 4.91. The minimum Gasteiger partial charge on any atom is -0.467 e. The van der Waals surface area contributed by atoms with Crippen molar-refractivity contribution >= 4 is 30.1 Å². The van der Waals surface area contributed by atoms with E-state index in [1.807, 2.05) is 6.07 Å². The predicted octanol–water partition coefficient (Wildman–Crippen LogP) is 3.26. The van der Waals surface area contributed by atoms with E-state index in [-0.39, 0.29) is 19.6 Å². The number of esters is 3. The third-order valence-electron chi connectivity index (χ3n) is 7.17. The number of nitrogens with one attached hydrogen (secondary N) is 1. The molecule has 2 heterocycles. The maximum atomic E-state index is 13.4. The van der Waals surface area contributed by atoms with E-state index in [1.165, 1.54) is 11.9 Å². The monoisotopic (exact) mass is 648 g/mol. The Kier molecular flexibility index (Phi) is 11.4. The van der Waals surface area contributed by atoms with Gasteiger partial charge in [0.25, 0.3) is 0 Å². The van der Waals surface area contributed by atoms with Crippen molar-refractivity contribution < 1.29 is 57.1 Å². The molecule has 5 atom stereocenters. The van der Waals surface area contributed by atoms with Crippen molar-refractivity contribution in [3.05, 3.63) is 47.7 Å². The van der Waals surface area contributed by atoms with Crippen LogP contribution in [-0.4, -0.2) is 98.4 Å². The number of carbonyl (C=O) groups is 5. The molecule has 14 heteroatoms. The van der Waals surface area contributed by atoms with Gasteiger partial charge in [-0.1, -0.05) is 30.3 Å². The number of benzene rings is 1. The van der Waals surface area contributed by atoms with Gasteiger partial charge in [0.15, 0.2) is 5.60 Å². The molecule has 0 aromatic heterocycles. The quantitative estimate of drug-likeness (QED) is 0.249. The number of alkyl carbamates (subject to hydrolysis) is 1. The van der Waals surface area contributed by atoms with Gasteiger partial charge in [0.1, 0.15) is 36.2 Å². The number of ether oxygens (including phenoxy) is 7. The number of rotatable bonds is 8. The molecule has 2 amide bonds. The molecule has 0 spiro atoms. The normalized spacial score (nSPS) is 24.6. The van der Waals surface area contributed by atoms with Crippen molar-refractivity contribution in [2.75, 3.05) is 27.9 Å². The molecule has 3 rings (SSSR count). The molecule has 2 aliphatic heterocycles. The minimum absolute atomic E-state index is 0.0921. The molecular formula is C32H44N2O12. The van der Waals surface area contributed by atoms with Crippen molar-refractivity contribution in [3.63, 3.8) is 0 Å². The van der Waals surface area contributed by atoms with Gasteiger partial charge in [0, 0.05) is 13.5 Å². The van der Waals surface area contributed by atoms with Crippen LogP contribution in [0.3, 0.4) is 0 Å². The van der Waals surface area contributed by atoms with Gasteiger partial charge in [-0.15, -0.1) is 0 Å². The summed E-state index contributed by atoms with van der Waals surface area (Å²) < 4.78 is 38.9. The number of carbonyl (C=O) groups excluding carboxylic acids is 5. The summed E-state index contributed by atoms with van der Waals surface area (Å²) >= 11 is 0. The molecule has 2 aliphatic rings. The Morgan fingerprint density at radius 3 is 2.24 bits per heavy atom. The lowest BCUT2D eigenvalue weighted by Gasteiger charge is -2.43. The predicted molar refractivity (Wildman–Crippen MR) is 161 cm³/mol. The second kappa shape index (κ2) is 14.5. The lowest BCUT2D eigenvalue weighted by atomic mass is 9.91. The summed E-state index contributed by atoms with van der Waals surface area (Å²) in [7, 11) is 3.68. The summed E-state index contributed by atoms with van der Waals surface area (Å²) in [6, 6.07) is 7.87. The molecule has 0 radical (unpaired) electrons. The van der Waals surface area contributed by atoms with Crippen LogP contribution in [0.1, 0.15) is 53.5 Å². The topological polar surface area (TPSA) is 165 Å². The van der Waals surface area contributed by atoms with E-state index in [4.69, 9.17) is 33.2 Å². The van der Waals surface area contributed by atoms with Crippen molar-refractivity contribution in [2.45, 2.75) is 90.1 Å². The summed E-state index contributed by atoms with van der Waals surface area (Å²) in [5, 5.41) is 2.32. The van der Waals surface area contributed by atoms with E-state index in [2.05, 4.69) is 5.32 Å². The number of nitrogens with zero attached hydrogens (tertiary/aromatic N) is 1. The Morgan fingerprint density at radius 2 is 1.67 bits per heavy atom. The Balaban J connectivity index is 1.99. The number of hydrogen-bond acceptors (Lipinski definition) is 12. The zero-order chi connectivity index (χ0) is 34.4. The van der Waals surface area contributed by atoms with Crippen LogP contribution >= 0.6 is 0 Å². The number of methoxy groups -OCH3 is 2. The number of likely N-dealkylation sites (N-methyl/N-ethyl adjacent to an activating group) is 1. The van der Waals surface area contributed by atoms with E-state index >= 15 is 0 Å². The average molecular weight is 649 g/mol. The lowest BCUT2D eigenvalue weighted by molar-refractivity contribution is -0.195. The number of amides is 2. The first-order valence-electron chi connectivity index (χ1n) is 14.7. The molecular weight excluding hydrogens is 604 g/mol. The van der Waals surface area contributed by atoms with Gasteiger partial charge < -0.3 is 38.1 Å². The van der Waals surface area contributed by atoms with Crippen LogP contribution in [0.4, 0.5) is 9.59 Å². The van der Waals surface area contributed by atoms with Crippen LogP contribution in [0, 0.1) is 5.41 Å². The third-order valence-corrected chi connectivity index (χ3v) is 7.17. The van der Waals surface area contributed by atoms with Crippen LogP contribution in [0.15, 0.2) is 42.1 Å². The van der Waals surface area contributed by atoms with Gasteiger partial charge in [0.2, 0.25) is 0 Å². The first kappa shape index (κ1) is 36.3. The third kappa shape index (κ3) is 8.97. The van der Waals surface area contributed by atoms with Gasteiger partial charge >= 0.3 is 30.1 Å². The van der Waals surface area contributed by atoms with Crippen LogP contribution in [0.2, 0.25) is 0 Å². The fraction of sp³-hybridized carbons (Fsp3) is 0.594. The van der Waals surface area contributed by atoms with Crippen molar-refractivity contribution in [2.24, 2.45) is 5.41 Å².